The fourth-order valence-electron chi connectivity index (χ4n) is 3.66. The van der Waals surface area contributed by atoms with Gasteiger partial charge < -0.3 is 26.2 Å². The summed E-state index contributed by atoms with van der Waals surface area (Å²) in [5, 5.41) is 6.93. The topological polar surface area (TPSA) is 127 Å². The fourth-order valence-corrected chi connectivity index (χ4v) is 3.66. The van der Waals surface area contributed by atoms with E-state index in [9.17, 15) is 9.59 Å². The number of hydrogen-bond donors (Lipinski definition) is 3. The summed E-state index contributed by atoms with van der Waals surface area (Å²) in [7, 11) is 0. The zero-order valence-electron chi connectivity index (χ0n) is 15.2. The van der Waals surface area contributed by atoms with Gasteiger partial charge in [0.15, 0.2) is 5.69 Å². The minimum absolute atomic E-state index is 0.0700. The van der Waals surface area contributed by atoms with Crippen LogP contribution in [0.3, 0.4) is 0 Å². The standard InChI is InChI=1S/C18H29N5O3/c19-8-7-17(24)23(10-9-20)14-5-3-13(4-6-14)21-18(25)15-11-16(26-22-15)12-1-2-12/h11-14H,1-10,19-20H2,(H,21,25). The molecule has 8 nitrogen and oxygen atoms in total. The van der Waals surface area contributed by atoms with Crippen LogP contribution in [-0.2, 0) is 4.79 Å². The number of carbonyl (C=O) groups is 2. The van der Waals surface area contributed by atoms with Crippen molar-refractivity contribution in [2.24, 2.45) is 11.5 Å². The maximum absolute atomic E-state index is 12.4. The van der Waals surface area contributed by atoms with E-state index < -0.39 is 0 Å². The first-order valence-electron chi connectivity index (χ1n) is 9.59. The first kappa shape index (κ1) is 18.8. The van der Waals surface area contributed by atoms with Crippen molar-refractivity contribution in [1.82, 2.24) is 15.4 Å². The van der Waals surface area contributed by atoms with Gasteiger partial charge in [0.2, 0.25) is 5.91 Å². The van der Waals surface area contributed by atoms with E-state index in [0.29, 0.717) is 37.7 Å². The molecule has 0 unspecified atom stereocenters. The van der Waals surface area contributed by atoms with E-state index in [1.807, 2.05) is 4.90 Å². The highest BCUT2D eigenvalue weighted by molar-refractivity contribution is 5.92. The summed E-state index contributed by atoms with van der Waals surface area (Å²) >= 11 is 0. The zero-order chi connectivity index (χ0) is 18.5. The maximum Gasteiger partial charge on any atom is 0.273 e. The summed E-state index contributed by atoms with van der Waals surface area (Å²) in [6, 6.07) is 2.04. The Morgan fingerprint density at radius 3 is 2.50 bits per heavy atom. The van der Waals surface area contributed by atoms with E-state index in [2.05, 4.69) is 10.5 Å². The van der Waals surface area contributed by atoms with Crippen molar-refractivity contribution in [1.29, 1.82) is 0 Å². The number of hydrogen-bond acceptors (Lipinski definition) is 6. The smallest absolute Gasteiger partial charge is 0.273 e. The molecule has 2 aliphatic carbocycles. The molecule has 8 heteroatoms. The molecule has 0 aliphatic heterocycles. The highest BCUT2D eigenvalue weighted by Gasteiger charge is 2.31. The second-order valence-electron chi connectivity index (χ2n) is 7.28. The lowest BCUT2D eigenvalue weighted by Gasteiger charge is -2.37. The largest absolute Gasteiger partial charge is 0.360 e. The first-order valence-corrected chi connectivity index (χ1v) is 9.59. The Labute approximate surface area is 153 Å². The van der Waals surface area contributed by atoms with Crippen LogP contribution in [0.25, 0.3) is 0 Å². The van der Waals surface area contributed by atoms with E-state index in [1.54, 1.807) is 6.07 Å². The molecule has 0 radical (unpaired) electrons. The van der Waals surface area contributed by atoms with Crippen molar-refractivity contribution in [3.05, 3.63) is 17.5 Å². The predicted molar refractivity (Wildman–Crippen MR) is 96.4 cm³/mol. The van der Waals surface area contributed by atoms with Crippen molar-refractivity contribution in [3.8, 4) is 0 Å². The van der Waals surface area contributed by atoms with Crippen LogP contribution in [0.15, 0.2) is 10.6 Å². The lowest BCUT2D eigenvalue weighted by Crippen LogP contribution is -2.48. The van der Waals surface area contributed by atoms with Crippen molar-refractivity contribution in [2.75, 3.05) is 19.6 Å². The van der Waals surface area contributed by atoms with Gasteiger partial charge in [-0.3, -0.25) is 9.59 Å². The highest BCUT2D eigenvalue weighted by Crippen LogP contribution is 2.40. The Morgan fingerprint density at radius 1 is 1.15 bits per heavy atom. The van der Waals surface area contributed by atoms with Crippen LogP contribution in [0.2, 0.25) is 0 Å². The molecular formula is C18H29N5O3. The molecule has 0 aromatic carbocycles. The number of carbonyl (C=O) groups excluding carboxylic acids is 2. The molecular weight excluding hydrogens is 334 g/mol. The molecule has 1 aromatic heterocycles. The monoisotopic (exact) mass is 363 g/mol. The quantitative estimate of drug-likeness (QED) is 0.625. The number of nitrogens with one attached hydrogen (secondary N) is 1. The minimum atomic E-state index is -0.179. The molecule has 2 aliphatic rings. The van der Waals surface area contributed by atoms with Gasteiger partial charge in [0.1, 0.15) is 5.76 Å². The summed E-state index contributed by atoms with van der Waals surface area (Å²) in [5.41, 5.74) is 11.5. The zero-order valence-corrected chi connectivity index (χ0v) is 15.2. The molecule has 0 atom stereocenters. The number of nitrogens with two attached hydrogens (primary N) is 2. The molecule has 2 fully saturated rings. The molecule has 5 N–H and O–H groups in total. The summed E-state index contributed by atoms with van der Waals surface area (Å²) in [4.78, 5) is 26.5. The van der Waals surface area contributed by atoms with Crippen LogP contribution in [0, 0.1) is 0 Å². The Kier molecular flexibility index (Phi) is 6.26. The van der Waals surface area contributed by atoms with E-state index in [-0.39, 0.29) is 23.9 Å². The van der Waals surface area contributed by atoms with Crippen molar-refractivity contribution >= 4 is 11.8 Å². The molecule has 144 valence electrons. The van der Waals surface area contributed by atoms with Crippen LogP contribution in [0.1, 0.15) is 67.1 Å². The molecule has 2 saturated carbocycles. The summed E-state index contributed by atoms with van der Waals surface area (Å²) in [6.45, 7) is 1.36. The molecule has 1 heterocycles. The molecule has 0 spiro atoms. The SMILES string of the molecule is NCCC(=O)N(CCN)C1CCC(NC(=O)c2cc(C3CC3)on2)CC1. The number of amides is 2. The van der Waals surface area contributed by atoms with Crippen LogP contribution < -0.4 is 16.8 Å². The number of nitrogens with zero attached hydrogens (tertiary/aromatic N) is 2. The Hall–Kier alpha value is -1.93. The van der Waals surface area contributed by atoms with Crippen molar-refractivity contribution in [2.45, 2.75) is 62.9 Å². The number of aromatic nitrogens is 1. The summed E-state index contributed by atoms with van der Waals surface area (Å²) in [6.07, 6.45) is 5.96. The van der Waals surface area contributed by atoms with Gasteiger partial charge in [0, 0.05) is 50.1 Å². The summed E-state index contributed by atoms with van der Waals surface area (Å²) < 4.78 is 5.25. The minimum Gasteiger partial charge on any atom is -0.360 e. The average molecular weight is 363 g/mol. The van der Waals surface area contributed by atoms with Gasteiger partial charge in [0.05, 0.1) is 0 Å². The second-order valence-corrected chi connectivity index (χ2v) is 7.28. The third-order valence-electron chi connectivity index (χ3n) is 5.26. The molecule has 0 saturated heterocycles. The normalized spacial score (nSPS) is 22.8. The van der Waals surface area contributed by atoms with Gasteiger partial charge in [-0.05, 0) is 38.5 Å². The van der Waals surface area contributed by atoms with E-state index in [0.717, 1.165) is 44.3 Å². The second kappa shape index (κ2) is 8.64. The average Bonchev–Trinajstić information content (AvgIpc) is 3.37. The van der Waals surface area contributed by atoms with E-state index in [4.69, 9.17) is 16.0 Å². The maximum atomic E-state index is 12.4. The Bertz CT molecular complexity index is 620. The molecule has 0 bridgehead atoms. The molecule has 1 aromatic rings. The highest BCUT2D eigenvalue weighted by atomic mass is 16.5. The van der Waals surface area contributed by atoms with Gasteiger partial charge in [-0.2, -0.15) is 0 Å². The van der Waals surface area contributed by atoms with Gasteiger partial charge in [-0.1, -0.05) is 5.16 Å². The number of rotatable bonds is 8. The van der Waals surface area contributed by atoms with Crippen LogP contribution in [-0.4, -0.2) is 53.6 Å². The molecule has 26 heavy (non-hydrogen) atoms. The van der Waals surface area contributed by atoms with Crippen molar-refractivity contribution < 1.29 is 14.1 Å². The Balaban J connectivity index is 1.49. The predicted octanol–water partition coefficient (Wildman–Crippen LogP) is 0.729. The fraction of sp³-hybridized carbons (Fsp3) is 0.722. The summed E-state index contributed by atoms with van der Waals surface area (Å²) in [5.74, 6) is 1.15. The Morgan fingerprint density at radius 2 is 1.88 bits per heavy atom. The van der Waals surface area contributed by atoms with E-state index in [1.165, 1.54) is 0 Å². The van der Waals surface area contributed by atoms with Gasteiger partial charge in [0.25, 0.3) is 5.91 Å². The molecule has 2 amide bonds. The lowest BCUT2D eigenvalue weighted by molar-refractivity contribution is -0.134. The molecule has 3 rings (SSSR count). The third-order valence-corrected chi connectivity index (χ3v) is 5.26. The van der Waals surface area contributed by atoms with Gasteiger partial charge in [-0.25, -0.2) is 0 Å². The van der Waals surface area contributed by atoms with Crippen LogP contribution in [0.4, 0.5) is 0 Å². The van der Waals surface area contributed by atoms with Gasteiger partial charge in [-0.15, -0.1) is 0 Å². The lowest BCUT2D eigenvalue weighted by atomic mass is 9.89. The van der Waals surface area contributed by atoms with Crippen LogP contribution >= 0.6 is 0 Å². The van der Waals surface area contributed by atoms with E-state index >= 15 is 0 Å². The third kappa shape index (κ3) is 4.62. The van der Waals surface area contributed by atoms with Gasteiger partial charge >= 0.3 is 0 Å². The van der Waals surface area contributed by atoms with Crippen LogP contribution in [0.5, 0.6) is 0 Å². The first-order chi connectivity index (χ1) is 12.6. The van der Waals surface area contributed by atoms with Crippen molar-refractivity contribution in [3.63, 3.8) is 0 Å².